The van der Waals surface area contributed by atoms with Crippen molar-refractivity contribution in [1.82, 2.24) is 14.5 Å². The van der Waals surface area contributed by atoms with Gasteiger partial charge in [0.15, 0.2) is 0 Å². The van der Waals surface area contributed by atoms with E-state index in [4.69, 9.17) is 9.47 Å². The van der Waals surface area contributed by atoms with Crippen LogP contribution in [0.25, 0.3) is 11.8 Å². The Morgan fingerprint density at radius 2 is 1.94 bits per heavy atom. The minimum Gasteiger partial charge on any atom is -0.495 e. The number of piperidine rings is 1. The molecule has 1 unspecified atom stereocenters. The zero-order valence-corrected chi connectivity index (χ0v) is 20.0. The van der Waals surface area contributed by atoms with Crippen LogP contribution in [0.1, 0.15) is 36.6 Å². The molecule has 4 rings (SSSR count). The van der Waals surface area contributed by atoms with Gasteiger partial charge < -0.3 is 18.9 Å². The predicted molar refractivity (Wildman–Crippen MR) is 129 cm³/mol. The van der Waals surface area contributed by atoms with Crippen molar-refractivity contribution < 1.29 is 18.7 Å². The molecule has 1 aromatic heterocycles. The van der Waals surface area contributed by atoms with Gasteiger partial charge in [-0.25, -0.2) is 9.37 Å². The highest BCUT2D eigenvalue weighted by atomic mass is 19.1. The van der Waals surface area contributed by atoms with Crippen LogP contribution in [-0.2, 0) is 15.1 Å². The fourth-order valence-electron chi connectivity index (χ4n) is 4.57. The Bertz CT molecular complexity index is 1200. The molecule has 1 saturated heterocycles. The molecule has 2 heterocycles. The number of hydrogen-bond acceptors (Lipinski definition) is 4. The van der Waals surface area contributed by atoms with Crippen molar-refractivity contribution in [1.29, 1.82) is 0 Å². The lowest BCUT2D eigenvalue weighted by atomic mass is 9.87. The van der Waals surface area contributed by atoms with E-state index in [9.17, 15) is 9.18 Å². The monoisotopic (exact) mass is 463 g/mol. The van der Waals surface area contributed by atoms with Crippen molar-refractivity contribution in [2.45, 2.75) is 32.2 Å². The first-order chi connectivity index (χ1) is 16.4. The van der Waals surface area contributed by atoms with Crippen LogP contribution in [0.2, 0.25) is 0 Å². The van der Waals surface area contributed by atoms with Crippen LogP contribution in [-0.4, -0.2) is 47.7 Å². The maximum Gasteiger partial charge on any atom is 0.250 e. The number of ether oxygens (including phenoxy) is 2. The summed E-state index contributed by atoms with van der Waals surface area (Å²) in [4.78, 5) is 19.8. The molecule has 0 spiro atoms. The van der Waals surface area contributed by atoms with E-state index < -0.39 is 5.54 Å². The number of benzene rings is 2. The molecule has 0 N–H and O–H groups in total. The van der Waals surface area contributed by atoms with Gasteiger partial charge >= 0.3 is 0 Å². The Balaban J connectivity index is 1.66. The number of rotatable bonds is 7. The number of carbonyl (C=O) groups excluding carboxylic acids is 1. The smallest absolute Gasteiger partial charge is 0.250 e. The van der Waals surface area contributed by atoms with Gasteiger partial charge in [0.2, 0.25) is 0 Å². The van der Waals surface area contributed by atoms with Crippen LogP contribution in [0, 0.1) is 12.7 Å². The third-order valence-electron chi connectivity index (χ3n) is 6.37. The first-order valence-electron chi connectivity index (χ1n) is 11.3. The molecule has 34 heavy (non-hydrogen) atoms. The predicted octanol–water partition coefficient (Wildman–Crippen LogP) is 4.90. The molecule has 2 aromatic carbocycles. The maximum atomic E-state index is 13.6. The van der Waals surface area contributed by atoms with E-state index in [-0.39, 0.29) is 11.7 Å². The van der Waals surface area contributed by atoms with Crippen LogP contribution in [0.15, 0.2) is 60.6 Å². The zero-order chi connectivity index (χ0) is 24.3. The molecule has 3 aromatic rings. The van der Waals surface area contributed by atoms with Crippen molar-refractivity contribution in [2.24, 2.45) is 0 Å². The van der Waals surface area contributed by atoms with Gasteiger partial charge in [-0.3, -0.25) is 4.79 Å². The van der Waals surface area contributed by atoms with Crippen molar-refractivity contribution in [3.8, 4) is 11.4 Å². The Morgan fingerprint density at radius 3 is 2.59 bits per heavy atom. The first kappa shape index (κ1) is 23.7. The molecule has 1 fully saturated rings. The normalized spacial score (nSPS) is 17.1. The molecule has 178 valence electrons. The third-order valence-corrected chi connectivity index (χ3v) is 6.37. The molecule has 1 amide bonds. The summed E-state index contributed by atoms with van der Waals surface area (Å²) < 4.78 is 26.6. The van der Waals surface area contributed by atoms with Crippen LogP contribution in [0.5, 0.6) is 5.75 Å². The number of imidazole rings is 1. The second-order valence-electron chi connectivity index (χ2n) is 8.80. The highest BCUT2D eigenvalue weighted by Crippen LogP contribution is 2.35. The summed E-state index contributed by atoms with van der Waals surface area (Å²) in [5.74, 6) is 0.350. The lowest BCUT2D eigenvalue weighted by Gasteiger charge is -2.44. The summed E-state index contributed by atoms with van der Waals surface area (Å²) in [6.07, 6.45) is 7.14. The number of amides is 1. The van der Waals surface area contributed by atoms with E-state index in [2.05, 4.69) is 4.98 Å². The van der Waals surface area contributed by atoms with Crippen molar-refractivity contribution >= 4 is 12.0 Å². The Labute approximate surface area is 199 Å². The molecule has 1 aliphatic heterocycles. The van der Waals surface area contributed by atoms with E-state index in [1.165, 1.54) is 12.1 Å². The molecule has 0 saturated carbocycles. The van der Waals surface area contributed by atoms with E-state index in [0.29, 0.717) is 25.3 Å². The highest BCUT2D eigenvalue weighted by Gasteiger charge is 2.39. The van der Waals surface area contributed by atoms with E-state index in [1.54, 1.807) is 32.7 Å². The van der Waals surface area contributed by atoms with Gasteiger partial charge in [-0.2, -0.15) is 0 Å². The number of nitrogens with zero attached hydrogens (tertiary/aromatic N) is 3. The Morgan fingerprint density at radius 1 is 1.18 bits per heavy atom. The summed E-state index contributed by atoms with van der Waals surface area (Å²) in [6, 6.07) is 12.2. The number of aromatic nitrogens is 2. The minimum atomic E-state index is -0.708. The second kappa shape index (κ2) is 9.81. The number of methoxy groups -OCH3 is 2. The van der Waals surface area contributed by atoms with Crippen molar-refractivity contribution in [3.05, 3.63) is 83.2 Å². The molecule has 6 nitrogen and oxygen atoms in total. The number of hydrogen-bond donors (Lipinski definition) is 0. The molecule has 1 aliphatic rings. The number of aryl methyl sites for hydroxylation is 1. The molecule has 0 radical (unpaired) electrons. The minimum absolute atomic E-state index is 0.0385. The Kier molecular flexibility index (Phi) is 6.84. The summed E-state index contributed by atoms with van der Waals surface area (Å²) in [5.41, 5.74) is 3.54. The summed E-state index contributed by atoms with van der Waals surface area (Å²) in [6.45, 7) is 4.82. The lowest BCUT2D eigenvalue weighted by molar-refractivity contribution is -0.137. The fraction of sp³-hybridized carbons (Fsp3) is 0.333. The number of carbonyl (C=O) groups is 1. The van der Waals surface area contributed by atoms with Gasteiger partial charge in [-0.1, -0.05) is 18.2 Å². The second-order valence-corrected chi connectivity index (χ2v) is 8.80. The average molecular weight is 464 g/mol. The molecular weight excluding hydrogens is 433 g/mol. The topological polar surface area (TPSA) is 56.6 Å². The van der Waals surface area contributed by atoms with Crippen LogP contribution < -0.4 is 4.74 Å². The Hall–Kier alpha value is -3.45. The third kappa shape index (κ3) is 4.61. The first-order valence-corrected chi connectivity index (χ1v) is 11.3. The largest absolute Gasteiger partial charge is 0.495 e. The molecule has 1 atom stereocenters. The van der Waals surface area contributed by atoms with Crippen LogP contribution >= 0.6 is 0 Å². The lowest BCUT2D eigenvalue weighted by Crippen LogP contribution is -2.53. The summed E-state index contributed by atoms with van der Waals surface area (Å²) >= 11 is 0. The van der Waals surface area contributed by atoms with Crippen LogP contribution in [0.3, 0.4) is 0 Å². The quantitative estimate of drug-likeness (QED) is 0.468. The van der Waals surface area contributed by atoms with Gasteiger partial charge in [-0.15, -0.1) is 0 Å². The zero-order valence-electron chi connectivity index (χ0n) is 20.0. The summed E-state index contributed by atoms with van der Waals surface area (Å²) in [7, 11) is 3.24. The molecule has 0 aliphatic carbocycles. The molecule has 0 bridgehead atoms. The standard InChI is InChI=1S/C27H30FN3O3/c1-19-16-30(18-29-19)24-12-7-20(15-25(24)34-4)14-21-6-5-13-31(26(21)32)27(2,17-33-3)22-8-10-23(28)11-9-22/h7-12,14-16,18H,5-6,13,17H2,1-4H3. The van der Waals surface area contributed by atoms with E-state index >= 15 is 0 Å². The van der Waals surface area contributed by atoms with Crippen LogP contribution in [0.4, 0.5) is 4.39 Å². The number of halogens is 1. The van der Waals surface area contributed by atoms with E-state index in [0.717, 1.165) is 34.5 Å². The SMILES string of the molecule is COCC(C)(c1ccc(F)cc1)N1CCCC(=Cc2ccc(-n3cnc(C)c3)c(OC)c2)C1=O. The van der Waals surface area contributed by atoms with Gasteiger partial charge in [-0.05, 0) is 68.2 Å². The van der Waals surface area contributed by atoms with Crippen molar-refractivity contribution in [3.63, 3.8) is 0 Å². The molecule has 7 heteroatoms. The van der Waals surface area contributed by atoms with E-state index in [1.807, 2.05) is 53.8 Å². The van der Waals surface area contributed by atoms with Crippen molar-refractivity contribution in [2.75, 3.05) is 27.4 Å². The fourth-order valence-corrected chi connectivity index (χ4v) is 4.57. The van der Waals surface area contributed by atoms with Gasteiger partial charge in [0, 0.05) is 25.4 Å². The van der Waals surface area contributed by atoms with Gasteiger partial charge in [0.25, 0.3) is 5.91 Å². The number of likely N-dealkylation sites (tertiary alicyclic amines) is 1. The van der Waals surface area contributed by atoms with Gasteiger partial charge in [0.05, 0.1) is 37.0 Å². The summed E-state index contributed by atoms with van der Waals surface area (Å²) in [5, 5.41) is 0. The molecular formula is C27H30FN3O3. The average Bonchev–Trinajstić information content (AvgIpc) is 3.26. The highest BCUT2D eigenvalue weighted by molar-refractivity contribution is 5.99. The van der Waals surface area contributed by atoms with Gasteiger partial charge in [0.1, 0.15) is 11.6 Å². The maximum absolute atomic E-state index is 13.6.